The van der Waals surface area contributed by atoms with Gasteiger partial charge in [0.05, 0.1) is 5.02 Å². The molecule has 0 aliphatic heterocycles. The summed E-state index contributed by atoms with van der Waals surface area (Å²) >= 11 is 5.75. The molecule has 2 aromatic carbocycles. The average molecular weight is 278 g/mol. The lowest BCUT2D eigenvalue weighted by atomic mass is 10.1. The summed E-state index contributed by atoms with van der Waals surface area (Å²) < 4.78 is 13.0. The van der Waals surface area contributed by atoms with Crippen molar-refractivity contribution >= 4 is 11.6 Å². The third-order valence-electron chi connectivity index (χ3n) is 3.13. The van der Waals surface area contributed by atoms with Crippen molar-refractivity contribution in [1.29, 1.82) is 0 Å². The van der Waals surface area contributed by atoms with Crippen LogP contribution in [0.2, 0.25) is 5.02 Å². The SMILES string of the molecule is Cc1ccc(C)c(CNCc2ccc(F)c(Cl)c2)c1. The highest BCUT2D eigenvalue weighted by atomic mass is 35.5. The van der Waals surface area contributed by atoms with Gasteiger partial charge >= 0.3 is 0 Å². The van der Waals surface area contributed by atoms with Crippen LogP contribution in [0, 0.1) is 19.7 Å². The first-order valence-corrected chi connectivity index (χ1v) is 6.65. The molecular formula is C16H17ClFN. The molecule has 0 saturated heterocycles. The monoisotopic (exact) mass is 277 g/mol. The minimum atomic E-state index is -0.375. The van der Waals surface area contributed by atoms with E-state index < -0.39 is 0 Å². The molecule has 0 saturated carbocycles. The maximum absolute atomic E-state index is 13.0. The highest BCUT2D eigenvalue weighted by Crippen LogP contribution is 2.16. The van der Waals surface area contributed by atoms with Gasteiger partial charge in [0.15, 0.2) is 0 Å². The van der Waals surface area contributed by atoms with Crippen LogP contribution in [0.25, 0.3) is 0 Å². The fraction of sp³-hybridized carbons (Fsp3) is 0.250. The van der Waals surface area contributed by atoms with Crippen molar-refractivity contribution in [3.05, 3.63) is 69.5 Å². The van der Waals surface area contributed by atoms with E-state index in [1.54, 1.807) is 12.1 Å². The van der Waals surface area contributed by atoms with Crippen molar-refractivity contribution in [3.63, 3.8) is 0 Å². The predicted molar refractivity (Wildman–Crippen MR) is 77.9 cm³/mol. The second-order valence-corrected chi connectivity index (χ2v) is 5.19. The van der Waals surface area contributed by atoms with Crippen molar-refractivity contribution in [3.8, 4) is 0 Å². The van der Waals surface area contributed by atoms with Crippen molar-refractivity contribution in [2.24, 2.45) is 0 Å². The number of benzene rings is 2. The summed E-state index contributed by atoms with van der Waals surface area (Å²) in [6, 6.07) is 11.2. The molecule has 3 heteroatoms. The van der Waals surface area contributed by atoms with Crippen molar-refractivity contribution < 1.29 is 4.39 Å². The molecule has 2 aromatic rings. The Morgan fingerprint density at radius 1 is 1.05 bits per heavy atom. The van der Waals surface area contributed by atoms with E-state index >= 15 is 0 Å². The van der Waals surface area contributed by atoms with Gasteiger partial charge in [-0.15, -0.1) is 0 Å². The molecule has 0 unspecified atom stereocenters. The van der Waals surface area contributed by atoms with Gasteiger partial charge in [0, 0.05) is 13.1 Å². The van der Waals surface area contributed by atoms with Crippen molar-refractivity contribution in [2.75, 3.05) is 0 Å². The fourth-order valence-electron chi connectivity index (χ4n) is 1.98. The Labute approximate surface area is 118 Å². The van der Waals surface area contributed by atoms with Crippen LogP contribution in [0.1, 0.15) is 22.3 Å². The Bertz CT molecular complexity index is 581. The Balaban J connectivity index is 1.96. The number of nitrogens with one attached hydrogen (secondary N) is 1. The highest BCUT2D eigenvalue weighted by Gasteiger charge is 2.02. The molecule has 0 aliphatic rings. The smallest absolute Gasteiger partial charge is 0.141 e. The number of rotatable bonds is 4. The Hall–Kier alpha value is -1.38. The maximum atomic E-state index is 13.0. The fourth-order valence-corrected chi connectivity index (χ4v) is 2.18. The molecule has 0 spiro atoms. The second-order valence-electron chi connectivity index (χ2n) is 4.78. The maximum Gasteiger partial charge on any atom is 0.141 e. The lowest BCUT2D eigenvalue weighted by Gasteiger charge is -2.09. The Morgan fingerprint density at radius 2 is 1.84 bits per heavy atom. The summed E-state index contributed by atoms with van der Waals surface area (Å²) in [5, 5.41) is 3.52. The molecule has 0 aliphatic carbocycles. The summed E-state index contributed by atoms with van der Waals surface area (Å²) in [7, 11) is 0. The van der Waals surface area contributed by atoms with Crippen LogP contribution in [-0.4, -0.2) is 0 Å². The largest absolute Gasteiger partial charge is 0.309 e. The van der Waals surface area contributed by atoms with Crippen LogP contribution in [0.5, 0.6) is 0 Å². The first-order chi connectivity index (χ1) is 9.06. The molecule has 0 bridgehead atoms. The third kappa shape index (κ3) is 3.79. The first-order valence-electron chi connectivity index (χ1n) is 6.27. The average Bonchev–Trinajstić information content (AvgIpc) is 2.38. The molecule has 0 amide bonds. The zero-order valence-corrected chi connectivity index (χ0v) is 11.9. The van der Waals surface area contributed by atoms with Gasteiger partial charge in [0.2, 0.25) is 0 Å². The Kier molecular flexibility index (Phi) is 4.56. The van der Waals surface area contributed by atoms with Crippen molar-refractivity contribution in [2.45, 2.75) is 26.9 Å². The minimum Gasteiger partial charge on any atom is -0.309 e. The number of hydrogen-bond donors (Lipinski definition) is 1. The van der Waals surface area contributed by atoms with Gasteiger partial charge in [-0.25, -0.2) is 4.39 Å². The molecule has 2 rings (SSSR count). The number of hydrogen-bond acceptors (Lipinski definition) is 1. The van der Waals surface area contributed by atoms with Gasteiger partial charge < -0.3 is 5.32 Å². The second kappa shape index (κ2) is 6.18. The van der Waals surface area contributed by atoms with Gasteiger partial charge in [0.25, 0.3) is 0 Å². The summed E-state index contributed by atoms with van der Waals surface area (Å²) in [5.41, 5.74) is 4.80. The first kappa shape index (κ1) is 14.0. The minimum absolute atomic E-state index is 0.172. The Morgan fingerprint density at radius 3 is 2.58 bits per heavy atom. The molecule has 0 fully saturated rings. The van der Waals surface area contributed by atoms with Crippen LogP contribution in [0.15, 0.2) is 36.4 Å². The normalized spacial score (nSPS) is 10.7. The van der Waals surface area contributed by atoms with E-state index in [0.29, 0.717) is 6.54 Å². The van der Waals surface area contributed by atoms with E-state index in [4.69, 9.17) is 11.6 Å². The van der Waals surface area contributed by atoms with Crippen LogP contribution in [0.3, 0.4) is 0 Å². The van der Waals surface area contributed by atoms with Crippen LogP contribution < -0.4 is 5.32 Å². The molecule has 0 radical (unpaired) electrons. The van der Waals surface area contributed by atoms with Crippen LogP contribution >= 0.6 is 11.6 Å². The van der Waals surface area contributed by atoms with E-state index in [0.717, 1.165) is 12.1 Å². The van der Waals surface area contributed by atoms with E-state index in [2.05, 4.69) is 37.4 Å². The van der Waals surface area contributed by atoms with Gasteiger partial charge in [-0.3, -0.25) is 0 Å². The summed E-state index contributed by atoms with van der Waals surface area (Å²) in [6.07, 6.45) is 0. The van der Waals surface area contributed by atoms with Gasteiger partial charge in [-0.05, 0) is 42.7 Å². The summed E-state index contributed by atoms with van der Waals surface area (Å²) in [5.74, 6) is -0.375. The summed E-state index contributed by atoms with van der Waals surface area (Å²) in [4.78, 5) is 0. The molecule has 1 nitrogen and oxygen atoms in total. The van der Waals surface area contributed by atoms with E-state index in [1.807, 2.05) is 0 Å². The molecule has 0 atom stereocenters. The molecular weight excluding hydrogens is 261 g/mol. The van der Waals surface area contributed by atoms with Gasteiger partial charge in [-0.1, -0.05) is 41.4 Å². The van der Waals surface area contributed by atoms with Crippen molar-refractivity contribution in [1.82, 2.24) is 5.32 Å². The third-order valence-corrected chi connectivity index (χ3v) is 3.42. The lowest BCUT2D eigenvalue weighted by molar-refractivity contribution is 0.625. The highest BCUT2D eigenvalue weighted by molar-refractivity contribution is 6.30. The van der Waals surface area contributed by atoms with E-state index in [-0.39, 0.29) is 10.8 Å². The molecule has 19 heavy (non-hydrogen) atoms. The van der Waals surface area contributed by atoms with E-state index in [1.165, 1.54) is 22.8 Å². The number of halogens is 2. The predicted octanol–water partition coefficient (Wildman–Crippen LogP) is 4.39. The van der Waals surface area contributed by atoms with Crippen LogP contribution in [0.4, 0.5) is 4.39 Å². The standard InChI is InChI=1S/C16H17ClFN/c1-11-3-4-12(2)14(7-11)10-19-9-13-5-6-16(18)15(17)8-13/h3-8,19H,9-10H2,1-2H3. The zero-order chi connectivity index (χ0) is 13.8. The summed E-state index contributed by atoms with van der Waals surface area (Å²) in [6.45, 7) is 5.66. The molecule has 0 aromatic heterocycles. The lowest BCUT2D eigenvalue weighted by Crippen LogP contribution is -2.13. The zero-order valence-electron chi connectivity index (χ0n) is 11.1. The topological polar surface area (TPSA) is 12.0 Å². The van der Waals surface area contributed by atoms with Gasteiger partial charge in [-0.2, -0.15) is 0 Å². The van der Waals surface area contributed by atoms with E-state index in [9.17, 15) is 4.39 Å². The number of aryl methyl sites for hydroxylation is 2. The molecule has 0 heterocycles. The van der Waals surface area contributed by atoms with Gasteiger partial charge in [0.1, 0.15) is 5.82 Å². The molecule has 100 valence electrons. The quantitative estimate of drug-likeness (QED) is 0.874. The molecule has 1 N–H and O–H groups in total. The van der Waals surface area contributed by atoms with Crippen LogP contribution in [-0.2, 0) is 13.1 Å².